The number of carbonyl (C=O) groups excluding carboxylic acids is 1. The quantitative estimate of drug-likeness (QED) is 0.882. The summed E-state index contributed by atoms with van der Waals surface area (Å²) in [5, 5.41) is 2.44. The second-order valence-corrected chi connectivity index (χ2v) is 5.35. The van der Waals surface area contributed by atoms with E-state index in [1.165, 1.54) is 6.20 Å². The Kier molecular flexibility index (Phi) is 5.78. The standard InChI is InChI=1S/C14H19F3N4O2/c1-20-4-6-21(7-5-20)12-3-2-11(8-18-12)19-13(22)9-23-10-14(15,16)17/h2-3,8H,4-7,9-10H2,1H3,(H,19,22). The van der Waals surface area contributed by atoms with Crippen LogP contribution in [0.15, 0.2) is 18.3 Å². The molecule has 1 aliphatic rings. The maximum absolute atomic E-state index is 11.9. The highest BCUT2D eigenvalue weighted by molar-refractivity contribution is 5.91. The lowest BCUT2D eigenvalue weighted by Crippen LogP contribution is -2.44. The van der Waals surface area contributed by atoms with Crippen molar-refractivity contribution in [1.82, 2.24) is 9.88 Å². The summed E-state index contributed by atoms with van der Waals surface area (Å²) in [6, 6.07) is 3.44. The predicted molar refractivity (Wildman–Crippen MR) is 79.5 cm³/mol. The first-order valence-electron chi connectivity index (χ1n) is 7.17. The van der Waals surface area contributed by atoms with E-state index in [0.717, 1.165) is 32.0 Å². The van der Waals surface area contributed by atoms with Crippen LogP contribution in [0.3, 0.4) is 0 Å². The maximum Gasteiger partial charge on any atom is 0.411 e. The summed E-state index contributed by atoms with van der Waals surface area (Å²) in [7, 11) is 2.06. The van der Waals surface area contributed by atoms with E-state index >= 15 is 0 Å². The zero-order valence-corrected chi connectivity index (χ0v) is 12.8. The fraction of sp³-hybridized carbons (Fsp3) is 0.571. The number of aromatic nitrogens is 1. The number of pyridine rings is 1. The molecule has 1 aromatic rings. The number of halogens is 3. The number of piperazine rings is 1. The topological polar surface area (TPSA) is 57.7 Å². The minimum Gasteiger partial charge on any atom is -0.362 e. The Hall–Kier alpha value is -1.87. The number of carbonyl (C=O) groups is 1. The molecule has 1 N–H and O–H groups in total. The minimum atomic E-state index is -4.44. The highest BCUT2D eigenvalue weighted by atomic mass is 19.4. The summed E-state index contributed by atoms with van der Waals surface area (Å²) >= 11 is 0. The first-order chi connectivity index (χ1) is 10.8. The molecule has 0 aliphatic carbocycles. The smallest absolute Gasteiger partial charge is 0.362 e. The zero-order chi connectivity index (χ0) is 16.9. The lowest BCUT2D eigenvalue weighted by atomic mass is 10.3. The predicted octanol–water partition coefficient (Wildman–Crippen LogP) is 1.35. The van der Waals surface area contributed by atoms with Gasteiger partial charge >= 0.3 is 6.18 Å². The van der Waals surface area contributed by atoms with Gasteiger partial charge in [-0.2, -0.15) is 13.2 Å². The molecule has 9 heteroatoms. The molecule has 2 heterocycles. The highest BCUT2D eigenvalue weighted by Crippen LogP contribution is 2.16. The van der Waals surface area contributed by atoms with E-state index in [1.54, 1.807) is 12.1 Å². The van der Waals surface area contributed by atoms with Crippen molar-refractivity contribution in [3.63, 3.8) is 0 Å². The Morgan fingerprint density at radius 2 is 2.00 bits per heavy atom. The number of alkyl halides is 3. The molecule has 1 fully saturated rings. The van der Waals surface area contributed by atoms with Gasteiger partial charge in [0.1, 0.15) is 19.0 Å². The average molecular weight is 332 g/mol. The van der Waals surface area contributed by atoms with Gasteiger partial charge in [0.15, 0.2) is 0 Å². The molecule has 128 valence electrons. The molecule has 6 nitrogen and oxygen atoms in total. The van der Waals surface area contributed by atoms with E-state index in [0.29, 0.717) is 5.69 Å². The molecule has 0 aromatic carbocycles. The first kappa shape index (κ1) is 17.5. The van der Waals surface area contributed by atoms with Crippen LogP contribution in [0.4, 0.5) is 24.7 Å². The molecule has 0 bridgehead atoms. The van der Waals surface area contributed by atoms with E-state index in [4.69, 9.17) is 0 Å². The van der Waals surface area contributed by atoms with E-state index in [-0.39, 0.29) is 0 Å². The molecule has 0 radical (unpaired) electrons. The summed E-state index contributed by atoms with van der Waals surface area (Å²) in [6.45, 7) is 1.56. The number of rotatable bonds is 5. The van der Waals surface area contributed by atoms with Gasteiger partial charge < -0.3 is 19.9 Å². The molecule has 0 atom stereocenters. The Morgan fingerprint density at radius 1 is 1.30 bits per heavy atom. The fourth-order valence-corrected chi connectivity index (χ4v) is 2.14. The lowest BCUT2D eigenvalue weighted by Gasteiger charge is -2.33. The molecule has 2 rings (SSSR count). The summed E-state index contributed by atoms with van der Waals surface area (Å²) in [6.07, 6.45) is -2.96. The molecule has 1 aromatic heterocycles. The molecule has 1 saturated heterocycles. The number of amides is 1. The van der Waals surface area contributed by atoms with Crippen molar-refractivity contribution in [2.24, 2.45) is 0 Å². The first-order valence-corrected chi connectivity index (χ1v) is 7.17. The van der Waals surface area contributed by atoms with E-state index in [2.05, 4.69) is 31.9 Å². The Morgan fingerprint density at radius 3 is 2.57 bits per heavy atom. The van der Waals surface area contributed by atoms with Gasteiger partial charge in [-0.3, -0.25) is 4.79 Å². The molecule has 0 unspecified atom stereocenters. The third kappa shape index (κ3) is 6.03. The maximum atomic E-state index is 11.9. The largest absolute Gasteiger partial charge is 0.411 e. The number of hydrogen-bond acceptors (Lipinski definition) is 5. The second kappa shape index (κ2) is 7.60. The number of nitrogens with zero attached hydrogens (tertiary/aromatic N) is 3. The van der Waals surface area contributed by atoms with Gasteiger partial charge in [0, 0.05) is 26.2 Å². The fourth-order valence-electron chi connectivity index (χ4n) is 2.14. The minimum absolute atomic E-state index is 0.420. The van der Waals surface area contributed by atoms with Crippen LogP contribution in [-0.2, 0) is 9.53 Å². The van der Waals surface area contributed by atoms with Crippen molar-refractivity contribution in [2.75, 3.05) is 56.7 Å². The van der Waals surface area contributed by atoms with Crippen LogP contribution < -0.4 is 10.2 Å². The van der Waals surface area contributed by atoms with Crippen LogP contribution >= 0.6 is 0 Å². The van der Waals surface area contributed by atoms with Gasteiger partial charge in [-0.15, -0.1) is 0 Å². The van der Waals surface area contributed by atoms with Crippen molar-refractivity contribution in [3.05, 3.63) is 18.3 Å². The van der Waals surface area contributed by atoms with E-state index in [1.807, 2.05) is 0 Å². The summed E-state index contributed by atoms with van der Waals surface area (Å²) in [5.41, 5.74) is 0.420. The molecule has 0 saturated carbocycles. The number of likely N-dealkylation sites (N-methyl/N-ethyl adjacent to an activating group) is 1. The van der Waals surface area contributed by atoms with Gasteiger partial charge in [-0.05, 0) is 19.2 Å². The SMILES string of the molecule is CN1CCN(c2ccc(NC(=O)COCC(F)(F)F)cn2)CC1. The summed E-state index contributed by atoms with van der Waals surface area (Å²) in [5.74, 6) is 0.160. The van der Waals surface area contributed by atoms with Crippen molar-refractivity contribution >= 4 is 17.4 Å². The van der Waals surface area contributed by atoms with Crippen LogP contribution in [0, 0.1) is 0 Å². The highest BCUT2D eigenvalue weighted by Gasteiger charge is 2.27. The van der Waals surface area contributed by atoms with E-state index in [9.17, 15) is 18.0 Å². The van der Waals surface area contributed by atoms with Crippen LogP contribution in [0.2, 0.25) is 0 Å². The third-order valence-electron chi connectivity index (χ3n) is 3.36. The third-order valence-corrected chi connectivity index (χ3v) is 3.36. The molecule has 1 aliphatic heterocycles. The number of nitrogens with one attached hydrogen (secondary N) is 1. The van der Waals surface area contributed by atoms with Gasteiger partial charge in [-0.25, -0.2) is 4.98 Å². The van der Waals surface area contributed by atoms with Crippen molar-refractivity contribution in [1.29, 1.82) is 0 Å². The Bertz CT molecular complexity index is 514. The Balaban J connectivity index is 1.79. The zero-order valence-electron chi connectivity index (χ0n) is 12.8. The van der Waals surface area contributed by atoms with Crippen LogP contribution in [-0.4, -0.2) is 68.4 Å². The summed E-state index contributed by atoms with van der Waals surface area (Å²) < 4.78 is 40.0. The molecule has 0 spiro atoms. The Labute approximate surface area is 132 Å². The van der Waals surface area contributed by atoms with Crippen LogP contribution in [0.5, 0.6) is 0 Å². The van der Waals surface area contributed by atoms with Gasteiger partial charge in [0.05, 0.1) is 11.9 Å². The average Bonchev–Trinajstić information content (AvgIpc) is 2.47. The molecular weight excluding hydrogens is 313 g/mol. The second-order valence-electron chi connectivity index (χ2n) is 5.35. The van der Waals surface area contributed by atoms with Crippen molar-refractivity contribution in [2.45, 2.75) is 6.18 Å². The molecule has 23 heavy (non-hydrogen) atoms. The monoisotopic (exact) mass is 332 g/mol. The summed E-state index contributed by atoms with van der Waals surface area (Å²) in [4.78, 5) is 20.1. The van der Waals surface area contributed by atoms with Crippen LogP contribution in [0.25, 0.3) is 0 Å². The number of ether oxygens (including phenoxy) is 1. The number of anilines is 2. The normalized spacial score (nSPS) is 16.4. The van der Waals surface area contributed by atoms with Gasteiger partial charge in [0.25, 0.3) is 0 Å². The van der Waals surface area contributed by atoms with Crippen molar-refractivity contribution in [3.8, 4) is 0 Å². The van der Waals surface area contributed by atoms with Gasteiger partial charge in [0.2, 0.25) is 5.91 Å². The lowest BCUT2D eigenvalue weighted by molar-refractivity contribution is -0.174. The van der Waals surface area contributed by atoms with Gasteiger partial charge in [-0.1, -0.05) is 0 Å². The molecule has 1 amide bonds. The van der Waals surface area contributed by atoms with E-state index < -0.39 is 25.3 Å². The van der Waals surface area contributed by atoms with Crippen LogP contribution in [0.1, 0.15) is 0 Å². The van der Waals surface area contributed by atoms with Crippen molar-refractivity contribution < 1.29 is 22.7 Å². The molecular formula is C14H19F3N4O2. The number of hydrogen-bond donors (Lipinski definition) is 1.